The van der Waals surface area contributed by atoms with Gasteiger partial charge in [-0.3, -0.25) is 9.59 Å². The van der Waals surface area contributed by atoms with E-state index in [0.29, 0.717) is 27.7 Å². The van der Waals surface area contributed by atoms with Crippen LogP contribution in [0.3, 0.4) is 0 Å². The minimum Gasteiger partial charge on any atom is -0.495 e. The number of nitrogens with one attached hydrogen (secondary N) is 2. The zero-order valence-corrected chi connectivity index (χ0v) is 19.0. The van der Waals surface area contributed by atoms with Crippen molar-refractivity contribution in [2.45, 2.75) is 24.0 Å². The van der Waals surface area contributed by atoms with E-state index in [1.807, 2.05) is 56.3 Å². The summed E-state index contributed by atoms with van der Waals surface area (Å²) in [6.07, 6.45) is 0. The summed E-state index contributed by atoms with van der Waals surface area (Å²) in [4.78, 5) is 25.9. The minimum absolute atomic E-state index is 0.136. The number of hydrogen-bond donors (Lipinski definition) is 2. The number of rotatable bonds is 7. The molecule has 1 atom stereocenters. The summed E-state index contributed by atoms with van der Waals surface area (Å²) in [5, 5.41) is 5.87. The van der Waals surface area contributed by atoms with Gasteiger partial charge in [0, 0.05) is 21.8 Å². The van der Waals surface area contributed by atoms with Gasteiger partial charge in [0.2, 0.25) is 5.91 Å². The molecule has 0 aliphatic carbocycles. The highest BCUT2D eigenvalue weighted by Gasteiger charge is 2.16. The first-order valence-corrected chi connectivity index (χ1v) is 10.9. The molecule has 0 aliphatic heterocycles. The average molecular weight is 455 g/mol. The first kappa shape index (κ1) is 22.7. The van der Waals surface area contributed by atoms with Crippen LogP contribution >= 0.6 is 23.4 Å². The molecule has 0 bridgehead atoms. The number of hydrogen-bond acceptors (Lipinski definition) is 4. The van der Waals surface area contributed by atoms with Gasteiger partial charge >= 0.3 is 0 Å². The molecule has 0 saturated carbocycles. The van der Waals surface area contributed by atoms with Crippen molar-refractivity contribution in [1.29, 1.82) is 0 Å². The molecule has 0 heterocycles. The zero-order valence-electron chi connectivity index (χ0n) is 17.4. The van der Waals surface area contributed by atoms with Gasteiger partial charge in [0.05, 0.1) is 17.4 Å². The lowest BCUT2D eigenvalue weighted by molar-refractivity contribution is -0.115. The van der Waals surface area contributed by atoms with Gasteiger partial charge in [0.25, 0.3) is 5.91 Å². The predicted molar refractivity (Wildman–Crippen MR) is 128 cm³/mol. The molecule has 0 aromatic heterocycles. The molecule has 2 amide bonds. The Morgan fingerprint density at radius 1 is 0.968 bits per heavy atom. The standard InChI is InChI=1S/C24H23ClN2O3S/c1-15-6-4-5-7-20(15)24(29)26-17-8-11-19(12-9-17)31-16(2)23(28)27-18-10-13-22(30-3)21(25)14-18/h4-14,16H,1-3H3,(H,26,29)(H,27,28). The number of ether oxygens (including phenoxy) is 1. The largest absolute Gasteiger partial charge is 0.495 e. The van der Waals surface area contributed by atoms with Crippen LogP contribution in [0, 0.1) is 6.92 Å². The number of halogens is 1. The van der Waals surface area contributed by atoms with Crippen molar-refractivity contribution in [3.05, 3.63) is 82.9 Å². The van der Waals surface area contributed by atoms with Crippen LogP contribution in [0.25, 0.3) is 0 Å². The van der Waals surface area contributed by atoms with Crippen molar-refractivity contribution in [3.63, 3.8) is 0 Å². The second kappa shape index (κ2) is 10.4. The Hall–Kier alpha value is -2.96. The number of methoxy groups -OCH3 is 1. The van der Waals surface area contributed by atoms with E-state index in [1.165, 1.54) is 18.9 Å². The third-order valence-electron chi connectivity index (χ3n) is 4.60. The van der Waals surface area contributed by atoms with Gasteiger partial charge in [-0.25, -0.2) is 0 Å². The topological polar surface area (TPSA) is 67.4 Å². The molecule has 0 radical (unpaired) electrons. The van der Waals surface area contributed by atoms with Crippen LogP contribution in [0.4, 0.5) is 11.4 Å². The van der Waals surface area contributed by atoms with Crippen LogP contribution < -0.4 is 15.4 Å². The van der Waals surface area contributed by atoms with Crippen LogP contribution in [0.5, 0.6) is 5.75 Å². The van der Waals surface area contributed by atoms with Crippen LogP contribution in [-0.2, 0) is 4.79 Å². The molecule has 0 saturated heterocycles. The third-order valence-corrected chi connectivity index (χ3v) is 6.01. The second-order valence-electron chi connectivity index (χ2n) is 6.89. The Kier molecular flexibility index (Phi) is 7.60. The molecule has 3 aromatic carbocycles. The van der Waals surface area contributed by atoms with Crippen LogP contribution in [0.1, 0.15) is 22.8 Å². The lowest BCUT2D eigenvalue weighted by atomic mass is 10.1. The maximum atomic E-state index is 12.5. The number of aryl methyl sites for hydroxylation is 1. The van der Waals surface area contributed by atoms with Crippen molar-refractivity contribution < 1.29 is 14.3 Å². The summed E-state index contributed by atoms with van der Waals surface area (Å²) >= 11 is 7.54. The van der Waals surface area contributed by atoms with Gasteiger partial charge < -0.3 is 15.4 Å². The van der Waals surface area contributed by atoms with E-state index >= 15 is 0 Å². The number of thioether (sulfide) groups is 1. The van der Waals surface area contributed by atoms with Crippen LogP contribution in [-0.4, -0.2) is 24.2 Å². The smallest absolute Gasteiger partial charge is 0.255 e. The highest BCUT2D eigenvalue weighted by molar-refractivity contribution is 8.00. The number of benzene rings is 3. The molecule has 0 aliphatic rings. The number of carbonyl (C=O) groups is 2. The fourth-order valence-corrected chi connectivity index (χ4v) is 4.01. The molecule has 0 fully saturated rings. The van der Waals surface area contributed by atoms with E-state index in [1.54, 1.807) is 24.3 Å². The van der Waals surface area contributed by atoms with Gasteiger partial charge in [-0.15, -0.1) is 11.8 Å². The van der Waals surface area contributed by atoms with E-state index in [2.05, 4.69) is 10.6 Å². The van der Waals surface area contributed by atoms with E-state index in [4.69, 9.17) is 16.3 Å². The second-order valence-corrected chi connectivity index (χ2v) is 8.71. The van der Waals surface area contributed by atoms with Gasteiger partial charge in [-0.1, -0.05) is 29.8 Å². The zero-order chi connectivity index (χ0) is 22.4. The monoisotopic (exact) mass is 454 g/mol. The van der Waals surface area contributed by atoms with Gasteiger partial charge in [0.15, 0.2) is 0 Å². The molecule has 5 nitrogen and oxygen atoms in total. The van der Waals surface area contributed by atoms with E-state index < -0.39 is 0 Å². The lowest BCUT2D eigenvalue weighted by Crippen LogP contribution is -2.22. The fraction of sp³-hybridized carbons (Fsp3) is 0.167. The Balaban J connectivity index is 1.57. The molecule has 31 heavy (non-hydrogen) atoms. The summed E-state index contributed by atoms with van der Waals surface area (Å²) in [7, 11) is 1.54. The Labute approximate surface area is 191 Å². The highest BCUT2D eigenvalue weighted by atomic mass is 35.5. The Bertz CT molecular complexity index is 1090. The molecule has 1 unspecified atom stereocenters. The first-order valence-electron chi connectivity index (χ1n) is 9.65. The predicted octanol–water partition coefficient (Wildman–Crippen LogP) is 6.03. The summed E-state index contributed by atoms with van der Waals surface area (Å²) in [5.74, 6) is 0.268. The van der Waals surface area contributed by atoms with E-state index in [9.17, 15) is 9.59 Å². The summed E-state index contributed by atoms with van der Waals surface area (Å²) in [5.41, 5.74) is 2.87. The maximum absolute atomic E-state index is 12.5. The molecule has 3 aromatic rings. The molecule has 0 spiro atoms. The molecule has 160 valence electrons. The highest BCUT2D eigenvalue weighted by Crippen LogP contribution is 2.29. The van der Waals surface area contributed by atoms with Gasteiger partial charge in [-0.05, 0) is 67.9 Å². The van der Waals surface area contributed by atoms with Gasteiger partial charge in [-0.2, -0.15) is 0 Å². The molecule has 7 heteroatoms. The average Bonchev–Trinajstić information content (AvgIpc) is 2.75. The number of carbonyl (C=O) groups excluding carboxylic acids is 2. The number of amides is 2. The maximum Gasteiger partial charge on any atom is 0.255 e. The Morgan fingerprint density at radius 2 is 1.65 bits per heavy atom. The van der Waals surface area contributed by atoms with Crippen LogP contribution in [0.2, 0.25) is 5.02 Å². The molecule has 2 N–H and O–H groups in total. The fourth-order valence-electron chi connectivity index (χ4n) is 2.89. The van der Waals surface area contributed by atoms with Crippen molar-refractivity contribution in [3.8, 4) is 5.75 Å². The summed E-state index contributed by atoms with van der Waals surface area (Å²) in [6.45, 7) is 3.74. The Morgan fingerprint density at radius 3 is 2.29 bits per heavy atom. The molecular formula is C24H23ClN2O3S. The minimum atomic E-state index is -0.326. The normalized spacial score (nSPS) is 11.5. The van der Waals surface area contributed by atoms with Crippen molar-refractivity contribution in [1.82, 2.24) is 0 Å². The third kappa shape index (κ3) is 6.03. The number of anilines is 2. The van der Waals surface area contributed by atoms with E-state index in [-0.39, 0.29) is 17.1 Å². The van der Waals surface area contributed by atoms with Crippen molar-refractivity contribution in [2.75, 3.05) is 17.7 Å². The summed E-state index contributed by atoms with van der Waals surface area (Å²) < 4.78 is 5.12. The first-order chi connectivity index (χ1) is 14.9. The quantitative estimate of drug-likeness (QED) is 0.428. The SMILES string of the molecule is COc1ccc(NC(=O)C(C)Sc2ccc(NC(=O)c3ccccc3C)cc2)cc1Cl. The van der Waals surface area contributed by atoms with Crippen molar-refractivity contribution in [2.24, 2.45) is 0 Å². The van der Waals surface area contributed by atoms with Gasteiger partial charge in [0.1, 0.15) is 5.75 Å². The van der Waals surface area contributed by atoms with Crippen molar-refractivity contribution >= 4 is 46.6 Å². The lowest BCUT2D eigenvalue weighted by Gasteiger charge is -2.13. The molecule has 3 rings (SSSR count). The van der Waals surface area contributed by atoms with E-state index in [0.717, 1.165) is 10.5 Å². The van der Waals surface area contributed by atoms with Crippen LogP contribution in [0.15, 0.2) is 71.6 Å². The summed E-state index contributed by atoms with van der Waals surface area (Å²) in [6, 6.07) is 20.0. The molecular weight excluding hydrogens is 432 g/mol.